The minimum absolute atomic E-state index is 0.217. The van der Waals surface area contributed by atoms with Gasteiger partial charge < -0.3 is 15.4 Å². The fraction of sp³-hybridized carbons (Fsp3) is 0.296. The molecule has 1 saturated heterocycles. The van der Waals surface area contributed by atoms with E-state index in [1.165, 1.54) is 11.1 Å². The van der Waals surface area contributed by atoms with E-state index in [1.54, 1.807) is 0 Å². The third-order valence-corrected chi connectivity index (χ3v) is 5.94. The number of furan rings is 1. The minimum Gasteiger partial charge on any atom is -0.451 e. The van der Waals surface area contributed by atoms with Crippen LogP contribution in [0.4, 0.5) is 0 Å². The average Bonchev–Trinajstić information content (AvgIpc) is 3.32. The van der Waals surface area contributed by atoms with Gasteiger partial charge in [0, 0.05) is 44.2 Å². The van der Waals surface area contributed by atoms with Crippen molar-refractivity contribution in [2.45, 2.75) is 19.0 Å². The number of piperazine rings is 1. The average molecular weight is 495 g/mol. The second-order valence-electron chi connectivity index (χ2n) is 8.04. The first-order chi connectivity index (χ1) is 17.1. The Morgan fingerprint density at radius 1 is 1.03 bits per heavy atom. The molecule has 2 aromatic carbocycles. The van der Waals surface area contributed by atoms with Crippen molar-refractivity contribution >= 4 is 18.0 Å². The molecule has 3 aromatic rings. The molecule has 2 heterocycles. The highest BCUT2D eigenvalue weighted by Gasteiger charge is 2.26. The van der Waals surface area contributed by atoms with E-state index < -0.39 is 0 Å². The Morgan fingerprint density at radius 2 is 1.69 bits per heavy atom. The van der Waals surface area contributed by atoms with Crippen LogP contribution in [-0.2, 0) is 11.3 Å². The van der Waals surface area contributed by atoms with Gasteiger partial charge in [-0.1, -0.05) is 60.0 Å². The highest BCUT2D eigenvalue weighted by molar-refractivity contribution is 6.30. The number of carbonyl (C=O) groups is 1. The summed E-state index contributed by atoms with van der Waals surface area (Å²) in [5.74, 6) is 7.57. The summed E-state index contributed by atoms with van der Waals surface area (Å²) in [6, 6.07) is 23.0. The Bertz CT molecular complexity index is 1080. The number of halogens is 1. The third kappa shape index (κ3) is 8.25. The summed E-state index contributed by atoms with van der Waals surface area (Å²) in [7, 11) is 0. The lowest BCUT2D eigenvalue weighted by molar-refractivity contribution is -0.106. The van der Waals surface area contributed by atoms with Crippen LogP contribution in [0.5, 0.6) is 0 Å². The van der Waals surface area contributed by atoms with Gasteiger partial charge in [0.2, 0.25) is 6.41 Å². The molecular weight excluding hydrogens is 464 g/mol. The largest absolute Gasteiger partial charge is 0.451 e. The van der Waals surface area contributed by atoms with Crippen LogP contribution in [0, 0.1) is 11.8 Å². The number of carbonyl (C=O) groups excluding carboxylic acids is 1. The number of benzene rings is 2. The fourth-order valence-electron chi connectivity index (χ4n) is 4.09. The lowest BCUT2D eigenvalue weighted by Gasteiger charge is -2.39. The van der Waals surface area contributed by atoms with Crippen molar-refractivity contribution in [1.29, 1.82) is 0 Å². The molecular formula is C27H31ClN4O3. The summed E-state index contributed by atoms with van der Waals surface area (Å²) in [4.78, 5) is 13.6. The van der Waals surface area contributed by atoms with E-state index in [-0.39, 0.29) is 12.5 Å². The second kappa shape index (κ2) is 14.3. The molecule has 1 aliphatic rings. The topological polar surface area (TPSA) is 95.0 Å². The summed E-state index contributed by atoms with van der Waals surface area (Å²) in [6.45, 7) is 5.13. The number of nitrogens with zero attached hydrogens (tertiary/aromatic N) is 2. The van der Waals surface area contributed by atoms with Gasteiger partial charge in [-0.15, -0.1) is 0 Å². The maximum atomic E-state index is 8.59. The number of hydrogen-bond donors (Lipinski definition) is 3. The van der Waals surface area contributed by atoms with E-state index in [4.69, 9.17) is 26.0 Å². The molecule has 0 radical (unpaired) electrons. The molecule has 0 spiro atoms. The van der Waals surface area contributed by atoms with Crippen LogP contribution in [0.2, 0.25) is 5.02 Å². The molecule has 1 aromatic heterocycles. The summed E-state index contributed by atoms with van der Waals surface area (Å²) in [5.41, 5.74) is 8.83. The summed E-state index contributed by atoms with van der Waals surface area (Å²) in [5, 5.41) is 9.35. The Kier molecular flexibility index (Phi) is 10.8. The van der Waals surface area contributed by atoms with Crippen LogP contribution < -0.4 is 11.2 Å². The van der Waals surface area contributed by atoms with E-state index in [9.17, 15) is 0 Å². The molecule has 8 heteroatoms. The van der Waals surface area contributed by atoms with Gasteiger partial charge in [0.1, 0.15) is 5.76 Å². The lowest BCUT2D eigenvalue weighted by Crippen LogP contribution is -2.47. The zero-order chi connectivity index (χ0) is 24.9. The van der Waals surface area contributed by atoms with Gasteiger partial charge in [-0.2, -0.15) is 0 Å². The van der Waals surface area contributed by atoms with Gasteiger partial charge in [0.25, 0.3) is 0 Å². The molecule has 1 atom stereocenters. The van der Waals surface area contributed by atoms with E-state index in [0.717, 1.165) is 43.5 Å². The van der Waals surface area contributed by atoms with Gasteiger partial charge in [0.05, 0.1) is 12.6 Å². The number of amides is 1. The predicted molar refractivity (Wildman–Crippen MR) is 137 cm³/mol. The van der Waals surface area contributed by atoms with Crippen LogP contribution in [0.15, 0.2) is 71.1 Å². The molecule has 0 aliphatic carbocycles. The van der Waals surface area contributed by atoms with Gasteiger partial charge in [-0.3, -0.25) is 14.6 Å². The van der Waals surface area contributed by atoms with E-state index in [1.807, 2.05) is 24.3 Å². The maximum Gasteiger partial charge on any atom is 0.204 e. The molecule has 1 aliphatic heterocycles. The zero-order valence-corrected chi connectivity index (χ0v) is 20.3. The highest BCUT2D eigenvalue weighted by atomic mass is 35.5. The highest BCUT2D eigenvalue weighted by Crippen LogP contribution is 2.30. The van der Waals surface area contributed by atoms with Gasteiger partial charge in [-0.05, 0) is 41.3 Å². The number of nitrogens with two attached hydrogens (primary N) is 1. The van der Waals surface area contributed by atoms with Gasteiger partial charge >= 0.3 is 0 Å². The van der Waals surface area contributed by atoms with Crippen LogP contribution in [0.1, 0.15) is 35.1 Å². The standard InChI is InChI=1S/C26H28ClN3O2.CH3NO/c27-23-11-9-22(10-12-23)26(21-6-2-1-3-7-21)30-18-16-29(17-19-30)20-25-14-13-24(32-25)8-4-5-15-28-31;2-1-3/h1-3,6-7,9-14,26,28,31H,5,15-20H2;1H,(H2,2,3). The van der Waals surface area contributed by atoms with E-state index in [0.29, 0.717) is 18.7 Å². The number of primary amides is 1. The molecule has 0 saturated carbocycles. The van der Waals surface area contributed by atoms with Crippen LogP contribution in [0.3, 0.4) is 0 Å². The first kappa shape index (κ1) is 26.5. The quantitative estimate of drug-likeness (QED) is 0.201. The van der Waals surface area contributed by atoms with Crippen molar-refractivity contribution in [3.63, 3.8) is 0 Å². The van der Waals surface area contributed by atoms with Crippen molar-refractivity contribution in [3.8, 4) is 11.8 Å². The number of nitrogens with one attached hydrogen (secondary N) is 1. The van der Waals surface area contributed by atoms with Crippen molar-refractivity contribution in [2.24, 2.45) is 5.73 Å². The predicted octanol–water partition coefficient (Wildman–Crippen LogP) is 3.66. The normalized spacial score (nSPS) is 14.8. The number of rotatable bonds is 7. The molecule has 4 rings (SSSR count). The van der Waals surface area contributed by atoms with E-state index >= 15 is 0 Å². The third-order valence-electron chi connectivity index (χ3n) is 5.69. The van der Waals surface area contributed by atoms with Gasteiger partial charge in [-0.25, -0.2) is 5.48 Å². The molecule has 4 N–H and O–H groups in total. The second-order valence-corrected chi connectivity index (χ2v) is 8.48. The molecule has 35 heavy (non-hydrogen) atoms. The van der Waals surface area contributed by atoms with Gasteiger partial charge in [0.15, 0.2) is 5.76 Å². The first-order valence-electron chi connectivity index (χ1n) is 11.5. The minimum atomic E-state index is 0.217. The Morgan fingerprint density at radius 3 is 2.34 bits per heavy atom. The van der Waals surface area contributed by atoms with E-state index in [2.05, 4.69) is 75.3 Å². The van der Waals surface area contributed by atoms with Crippen molar-refractivity contribution in [2.75, 3.05) is 32.7 Å². The van der Waals surface area contributed by atoms with Crippen molar-refractivity contribution in [1.82, 2.24) is 15.3 Å². The first-order valence-corrected chi connectivity index (χ1v) is 11.9. The molecule has 7 nitrogen and oxygen atoms in total. The SMILES string of the molecule is NC=O.ONCCC#Cc1ccc(CN2CCN(C(c3ccccc3)c3ccc(Cl)cc3)CC2)o1. The number of hydroxylamine groups is 1. The lowest BCUT2D eigenvalue weighted by atomic mass is 9.96. The Hall–Kier alpha value is -3.12. The van der Waals surface area contributed by atoms with Crippen LogP contribution >= 0.6 is 11.6 Å². The van der Waals surface area contributed by atoms with Crippen molar-refractivity contribution < 1.29 is 14.4 Å². The molecule has 0 bridgehead atoms. The Balaban J connectivity index is 0.00000108. The van der Waals surface area contributed by atoms with Crippen LogP contribution in [0.25, 0.3) is 0 Å². The zero-order valence-electron chi connectivity index (χ0n) is 19.6. The molecule has 1 fully saturated rings. The molecule has 184 valence electrons. The smallest absolute Gasteiger partial charge is 0.204 e. The summed E-state index contributed by atoms with van der Waals surface area (Å²) >= 11 is 6.14. The fourth-order valence-corrected chi connectivity index (χ4v) is 4.22. The Labute approximate surface area is 211 Å². The summed E-state index contributed by atoms with van der Waals surface area (Å²) in [6.07, 6.45) is 0.824. The maximum absolute atomic E-state index is 8.59. The summed E-state index contributed by atoms with van der Waals surface area (Å²) < 4.78 is 5.87. The molecule has 1 amide bonds. The number of hydrogen-bond acceptors (Lipinski definition) is 6. The van der Waals surface area contributed by atoms with Crippen LogP contribution in [-0.4, -0.2) is 54.1 Å². The van der Waals surface area contributed by atoms with Crippen molar-refractivity contribution in [3.05, 3.63) is 94.4 Å². The monoisotopic (exact) mass is 494 g/mol. The molecule has 1 unspecified atom stereocenters.